The van der Waals surface area contributed by atoms with Crippen molar-refractivity contribution in [3.63, 3.8) is 0 Å². The summed E-state index contributed by atoms with van der Waals surface area (Å²) in [7, 11) is 0. The molecule has 0 heterocycles. The first-order valence-electron chi connectivity index (χ1n) is 6.23. The van der Waals surface area contributed by atoms with Gasteiger partial charge in [-0.05, 0) is 19.4 Å². The van der Waals surface area contributed by atoms with Crippen molar-refractivity contribution >= 4 is 17.4 Å². The summed E-state index contributed by atoms with van der Waals surface area (Å²) >= 11 is 0. The summed E-state index contributed by atoms with van der Waals surface area (Å²) in [5.41, 5.74) is 0.224. The minimum absolute atomic E-state index is 0.0982. The molecule has 0 saturated heterocycles. The molecule has 0 N–H and O–H groups in total. The first-order chi connectivity index (χ1) is 9.92. The number of ketones is 1. The Hall–Kier alpha value is -2.75. The lowest BCUT2D eigenvalue weighted by atomic mass is 9.84. The summed E-state index contributed by atoms with van der Waals surface area (Å²) in [6, 6.07) is 7.07. The van der Waals surface area contributed by atoms with Crippen molar-refractivity contribution in [2.75, 3.05) is 6.61 Å². The maximum absolute atomic E-state index is 11.8. The second-order valence-corrected chi connectivity index (χ2v) is 4.30. The molecule has 0 saturated carbocycles. The number of nitrogens with zero attached hydrogens (tertiary/aromatic N) is 2. The number of non-ortho nitro benzene ring substituents is 1. The van der Waals surface area contributed by atoms with Crippen molar-refractivity contribution in [3.05, 3.63) is 39.9 Å². The molecule has 0 spiro atoms. The molecule has 2 unspecified atom stereocenters. The number of nitriles is 1. The Bertz CT molecular complexity index is 588. The third kappa shape index (κ3) is 3.86. The van der Waals surface area contributed by atoms with E-state index < -0.39 is 28.5 Å². The van der Waals surface area contributed by atoms with E-state index in [1.807, 2.05) is 6.07 Å². The van der Waals surface area contributed by atoms with Crippen LogP contribution >= 0.6 is 0 Å². The fourth-order valence-corrected chi connectivity index (χ4v) is 1.91. The Balaban J connectivity index is 3.14. The Labute approximate surface area is 121 Å². The van der Waals surface area contributed by atoms with Crippen LogP contribution in [-0.4, -0.2) is 23.3 Å². The van der Waals surface area contributed by atoms with Gasteiger partial charge in [-0.3, -0.25) is 19.7 Å². The van der Waals surface area contributed by atoms with Crippen molar-refractivity contribution in [1.29, 1.82) is 5.26 Å². The van der Waals surface area contributed by atoms with E-state index in [4.69, 9.17) is 4.74 Å². The maximum atomic E-state index is 11.8. The quantitative estimate of drug-likeness (QED) is 0.343. The standard InChI is InChI=1S/C14H14N2O5/c1-3-21-14(18)13(9(2)17)12(8-15)10-4-6-11(7-5-10)16(19)20/h4-7,12-13H,3H2,1-2H3. The molecule has 2 atom stereocenters. The number of carbonyl (C=O) groups excluding carboxylic acids is 2. The monoisotopic (exact) mass is 290 g/mol. The predicted molar refractivity (Wildman–Crippen MR) is 72.3 cm³/mol. The van der Waals surface area contributed by atoms with Gasteiger partial charge in [0, 0.05) is 12.1 Å². The Kier molecular flexibility index (Phi) is 5.55. The molecule has 0 aliphatic heterocycles. The number of benzene rings is 1. The van der Waals surface area contributed by atoms with E-state index in [0.717, 1.165) is 0 Å². The molecule has 7 nitrogen and oxygen atoms in total. The van der Waals surface area contributed by atoms with E-state index in [1.165, 1.54) is 31.2 Å². The molecule has 0 fully saturated rings. The summed E-state index contributed by atoms with van der Waals surface area (Å²) in [5.74, 6) is -3.54. The Morgan fingerprint density at radius 1 is 1.38 bits per heavy atom. The number of nitro groups is 1. The van der Waals surface area contributed by atoms with Gasteiger partial charge in [-0.1, -0.05) is 12.1 Å². The highest BCUT2D eigenvalue weighted by atomic mass is 16.6. The van der Waals surface area contributed by atoms with Gasteiger partial charge in [0.25, 0.3) is 5.69 Å². The zero-order valence-electron chi connectivity index (χ0n) is 11.6. The molecule has 0 amide bonds. The predicted octanol–water partition coefficient (Wildman–Crippen LogP) is 1.97. The van der Waals surface area contributed by atoms with Crippen LogP contribution in [0.15, 0.2) is 24.3 Å². The van der Waals surface area contributed by atoms with Gasteiger partial charge in [-0.2, -0.15) is 5.26 Å². The molecule has 0 aliphatic rings. The third-order valence-corrected chi connectivity index (χ3v) is 2.91. The van der Waals surface area contributed by atoms with Gasteiger partial charge >= 0.3 is 5.97 Å². The van der Waals surface area contributed by atoms with E-state index in [2.05, 4.69) is 0 Å². The Morgan fingerprint density at radius 3 is 2.33 bits per heavy atom. The summed E-state index contributed by atoms with van der Waals surface area (Å²) in [6.07, 6.45) is 0. The smallest absolute Gasteiger partial charge is 0.318 e. The molecule has 7 heteroatoms. The van der Waals surface area contributed by atoms with Gasteiger partial charge in [-0.15, -0.1) is 0 Å². The highest BCUT2D eigenvalue weighted by Crippen LogP contribution is 2.27. The van der Waals surface area contributed by atoms with Crippen LogP contribution in [0.5, 0.6) is 0 Å². The summed E-state index contributed by atoms with van der Waals surface area (Å²) < 4.78 is 4.81. The minimum Gasteiger partial charge on any atom is -0.465 e. The SMILES string of the molecule is CCOC(=O)C(C(C)=O)C(C#N)c1ccc([N+](=O)[O-])cc1. The van der Waals surface area contributed by atoms with Gasteiger partial charge < -0.3 is 4.74 Å². The summed E-state index contributed by atoms with van der Waals surface area (Å²) in [5, 5.41) is 19.8. The molecule has 110 valence electrons. The molecule has 21 heavy (non-hydrogen) atoms. The lowest BCUT2D eigenvalue weighted by molar-refractivity contribution is -0.384. The highest BCUT2D eigenvalue weighted by Gasteiger charge is 2.35. The first kappa shape index (κ1) is 16.3. The lowest BCUT2D eigenvalue weighted by Gasteiger charge is -2.18. The van der Waals surface area contributed by atoms with Crippen LogP contribution < -0.4 is 0 Å². The maximum Gasteiger partial charge on any atom is 0.318 e. The van der Waals surface area contributed by atoms with E-state index in [0.29, 0.717) is 5.56 Å². The van der Waals surface area contributed by atoms with Crippen molar-refractivity contribution in [3.8, 4) is 6.07 Å². The molecule has 0 radical (unpaired) electrons. The van der Waals surface area contributed by atoms with Crippen molar-refractivity contribution < 1.29 is 19.2 Å². The third-order valence-electron chi connectivity index (χ3n) is 2.91. The molecular formula is C14H14N2O5. The largest absolute Gasteiger partial charge is 0.465 e. The molecule has 1 rings (SSSR count). The number of nitro benzene ring substituents is 1. The minimum atomic E-state index is -1.24. The highest BCUT2D eigenvalue weighted by molar-refractivity contribution is 5.99. The van der Waals surface area contributed by atoms with Crippen LogP contribution in [0.4, 0.5) is 5.69 Å². The van der Waals surface area contributed by atoms with Gasteiger partial charge in [0.05, 0.1) is 23.5 Å². The van der Waals surface area contributed by atoms with E-state index >= 15 is 0 Å². The van der Waals surface area contributed by atoms with Gasteiger partial charge in [0.1, 0.15) is 11.7 Å². The van der Waals surface area contributed by atoms with Crippen LogP contribution in [0.3, 0.4) is 0 Å². The fourth-order valence-electron chi connectivity index (χ4n) is 1.91. The van der Waals surface area contributed by atoms with E-state index in [9.17, 15) is 25.0 Å². The number of hydrogen-bond acceptors (Lipinski definition) is 6. The van der Waals surface area contributed by atoms with Crippen molar-refractivity contribution in [2.24, 2.45) is 5.92 Å². The number of Topliss-reactive ketones (excluding diaryl/α,β-unsaturated/α-hetero) is 1. The second-order valence-electron chi connectivity index (χ2n) is 4.30. The number of carbonyl (C=O) groups is 2. The lowest BCUT2D eigenvalue weighted by Crippen LogP contribution is -2.30. The molecule has 0 bridgehead atoms. The number of ether oxygens (including phenoxy) is 1. The molecule has 1 aromatic rings. The Morgan fingerprint density at radius 2 is 1.95 bits per heavy atom. The molecule has 0 aliphatic carbocycles. The van der Waals surface area contributed by atoms with Crippen molar-refractivity contribution in [1.82, 2.24) is 0 Å². The van der Waals surface area contributed by atoms with Crippen molar-refractivity contribution in [2.45, 2.75) is 19.8 Å². The average Bonchev–Trinajstić information content (AvgIpc) is 2.44. The second kappa shape index (κ2) is 7.14. The zero-order chi connectivity index (χ0) is 16.0. The van der Waals surface area contributed by atoms with Crippen LogP contribution in [-0.2, 0) is 14.3 Å². The van der Waals surface area contributed by atoms with Crippen LogP contribution in [0.25, 0.3) is 0 Å². The average molecular weight is 290 g/mol. The van der Waals surface area contributed by atoms with Gasteiger partial charge in [0.2, 0.25) is 0 Å². The fraction of sp³-hybridized carbons (Fsp3) is 0.357. The van der Waals surface area contributed by atoms with Crippen LogP contribution in [0, 0.1) is 27.4 Å². The number of hydrogen-bond donors (Lipinski definition) is 0. The van der Waals surface area contributed by atoms with Crippen LogP contribution in [0.1, 0.15) is 25.3 Å². The molecule has 1 aromatic carbocycles. The zero-order valence-corrected chi connectivity index (χ0v) is 11.6. The van der Waals surface area contributed by atoms with Gasteiger partial charge in [0.15, 0.2) is 0 Å². The molecule has 0 aromatic heterocycles. The van der Waals surface area contributed by atoms with E-state index in [-0.39, 0.29) is 12.3 Å². The summed E-state index contributed by atoms with van der Waals surface area (Å²) in [6.45, 7) is 2.90. The van der Waals surface area contributed by atoms with Crippen LogP contribution in [0.2, 0.25) is 0 Å². The summed E-state index contributed by atoms with van der Waals surface area (Å²) in [4.78, 5) is 33.5. The van der Waals surface area contributed by atoms with Gasteiger partial charge in [-0.25, -0.2) is 0 Å². The normalized spacial score (nSPS) is 12.8. The first-order valence-corrected chi connectivity index (χ1v) is 6.23. The topological polar surface area (TPSA) is 110 Å². The molecular weight excluding hydrogens is 276 g/mol. The number of rotatable bonds is 6. The van der Waals surface area contributed by atoms with E-state index in [1.54, 1.807) is 6.92 Å². The number of esters is 1.